The molecule has 2 aliphatic heterocycles. The molecular weight excluding hydrogens is 487 g/mol. The molecule has 3 aromatic rings. The summed E-state index contributed by atoms with van der Waals surface area (Å²) in [6, 6.07) is 8.62. The number of nitrogens with zero attached hydrogens (tertiary/aromatic N) is 1. The normalized spacial score (nSPS) is 16.9. The summed E-state index contributed by atoms with van der Waals surface area (Å²) in [5.41, 5.74) is 12.7. The lowest BCUT2D eigenvalue weighted by atomic mass is 9.90. The molecule has 0 radical (unpaired) electrons. The van der Waals surface area contributed by atoms with Gasteiger partial charge in [0.2, 0.25) is 0 Å². The highest BCUT2D eigenvalue weighted by molar-refractivity contribution is 5.76. The third-order valence-corrected chi connectivity index (χ3v) is 7.06. The van der Waals surface area contributed by atoms with Crippen LogP contribution in [0.15, 0.2) is 36.5 Å². The molecule has 4 N–H and O–H groups in total. The Balaban J connectivity index is 0.000000154. The molecule has 1 fully saturated rings. The Hall–Kier alpha value is -3.65. The average Bonchev–Trinajstić information content (AvgIpc) is 3.64. The molecule has 1 aromatic heterocycles. The molecule has 202 valence electrons. The van der Waals surface area contributed by atoms with Crippen LogP contribution in [0.25, 0.3) is 11.1 Å². The van der Waals surface area contributed by atoms with E-state index in [4.69, 9.17) is 20.3 Å². The van der Waals surface area contributed by atoms with Crippen molar-refractivity contribution in [3.63, 3.8) is 0 Å². The summed E-state index contributed by atoms with van der Waals surface area (Å²) in [7, 11) is 0. The number of nitrogen functional groups attached to an aromatic ring is 1. The van der Waals surface area contributed by atoms with Crippen molar-refractivity contribution in [3.05, 3.63) is 70.2 Å². The lowest BCUT2D eigenvalue weighted by Crippen LogP contribution is -2.07. The summed E-state index contributed by atoms with van der Waals surface area (Å²) in [6.45, 7) is 6.38. The van der Waals surface area contributed by atoms with Crippen molar-refractivity contribution >= 4 is 11.8 Å². The third kappa shape index (κ3) is 6.42. The van der Waals surface area contributed by atoms with Gasteiger partial charge in [-0.1, -0.05) is 6.07 Å². The van der Waals surface area contributed by atoms with Gasteiger partial charge in [0.1, 0.15) is 23.1 Å². The number of carboxylic acids is 1. The Bertz CT molecular complexity index is 1280. The fraction of sp³-hybridized carbons (Fsp3) is 0.400. The number of anilines is 1. The van der Waals surface area contributed by atoms with E-state index in [9.17, 15) is 14.3 Å². The summed E-state index contributed by atoms with van der Waals surface area (Å²) in [5.74, 6) is 0.324. The van der Waals surface area contributed by atoms with Crippen LogP contribution in [0.4, 0.5) is 10.2 Å². The van der Waals surface area contributed by atoms with Gasteiger partial charge in [0.25, 0.3) is 0 Å². The Morgan fingerprint density at radius 1 is 1.08 bits per heavy atom. The van der Waals surface area contributed by atoms with Gasteiger partial charge in [0, 0.05) is 37.0 Å². The van der Waals surface area contributed by atoms with Crippen molar-refractivity contribution in [2.75, 3.05) is 25.6 Å². The smallest absolute Gasteiger partial charge is 0.304 e. The molecule has 8 heteroatoms. The van der Waals surface area contributed by atoms with Crippen molar-refractivity contribution in [1.29, 1.82) is 0 Å². The number of pyridine rings is 1. The zero-order valence-electron chi connectivity index (χ0n) is 21.9. The van der Waals surface area contributed by atoms with Crippen LogP contribution in [0.5, 0.6) is 11.5 Å². The molecule has 2 aromatic carbocycles. The molecule has 38 heavy (non-hydrogen) atoms. The van der Waals surface area contributed by atoms with Gasteiger partial charge in [-0.25, -0.2) is 9.37 Å². The zero-order valence-corrected chi connectivity index (χ0v) is 21.9. The highest BCUT2D eigenvalue weighted by atomic mass is 19.1. The SMILES string of the molecule is C1CCOC1.Cc1cc(O)cc(C)c1-c1ccc(F)c2c1CCC2.Nc1cc2c(cn1)C(CC(=O)O)CO2. The van der Waals surface area contributed by atoms with Crippen LogP contribution in [-0.4, -0.2) is 41.0 Å². The minimum atomic E-state index is -0.830. The fourth-order valence-electron chi connectivity index (χ4n) is 5.33. The monoisotopic (exact) mass is 522 g/mol. The van der Waals surface area contributed by atoms with E-state index >= 15 is 0 Å². The molecule has 7 nitrogen and oxygen atoms in total. The Morgan fingerprint density at radius 2 is 1.76 bits per heavy atom. The summed E-state index contributed by atoms with van der Waals surface area (Å²) in [4.78, 5) is 14.4. The quantitative estimate of drug-likeness (QED) is 0.403. The number of carboxylic acid groups (broad SMARTS) is 1. The summed E-state index contributed by atoms with van der Waals surface area (Å²) < 4.78 is 24.1. The van der Waals surface area contributed by atoms with Crippen LogP contribution in [-0.2, 0) is 22.4 Å². The number of halogens is 1. The van der Waals surface area contributed by atoms with Crippen molar-refractivity contribution < 1.29 is 28.9 Å². The van der Waals surface area contributed by atoms with Gasteiger partial charge in [-0.3, -0.25) is 4.79 Å². The number of aryl methyl sites for hydroxylation is 2. The largest absolute Gasteiger partial charge is 0.508 e. The minimum Gasteiger partial charge on any atom is -0.508 e. The number of carbonyl (C=O) groups is 1. The van der Waals surface area contributed by atoms with E-state index in [2.05, 4.69) is 4.98 Å². The number of fused-ring (bicyclic) bond motifs is 2. The number of aromatic nitrogens is 1. The Morgan fingerprint density at radius 3 is 2.39 bits per heavy atom. The van der Waals surface area contributed by atoms with Gasteiger partial charge in [0.05, 0.1) is 13.0 Å². The second-order valence-electron chi connectivity index (χ2n) is 9.93. The standard InChI is InChI=1S/C17H17FO.C9H10N2O3.C4H8O/c1-10-8-12(19)9-11(2)17(10)15-6-7-16(18)14-5-3-4-13(14)15;10-8-2-7-6(3-11-8)5(4-14-7)1-9(12)13;1-2-4-5-3-1/h6-9,19H,3-5H2,1-2H3;2-3,5H,1,4H2,(H2,10,11)(H,12,13);1-4H2. The average molecular weight is 523 g/mol. The number of aliphatic carboxylic acids is 1. The van der Waals surface area contributed by atoms with E-state index in [0.717, 1.165) is 71.4 Å². The van der Waals surface area contributed by atoms with Crippen LogP contribution < -0.4 is 10.5 Å². The number of nitrogens with two attached hydrogens (primary N) is 1. The zero-order chi connectivity index (χ0) is 27.2. The van der Waals surface area contributed by atoms with Crippen molar-refractivity contribution in [3.8, 4) is 22.6 Å². The molecule has 1 saturated heterocycles. The van der Waals surface area contributed by atoms with Gasteiger partial charge in [-0.05, 0) is 97.5 Å². The molecule has 0 bridgehead atoms. The highest BCUT2D eigenvalue weighted by Crippen LogP contribution is 2.38. The van der Waals surface area contributed by atoms with Gasteiger partial charge in [0.15, 0.2) is 0 Å². The van der Waals surface area contributed by atoms with Gasteiger partial charge >= 0.3 is 5.97 Å². The van der Waals surface area contributed by atoms with Gasteiger partial charge in [-0.2, -0.15) is 0 Å². The molecule has 6 rings (SSSR count). The Kier molecular flexibility index (Phi) is 8.84. The van der Waals surface area contributed by atoms with Crippen LogP contribution in [0.3, 0.4) is 0 Å². The van der Waals surface area contributed by atoms with E-state index in [1.165, 1.54) is 12.8 Å². The van der Waals surface area contributed by atoms with Crippen LogP contribution >= 0.6 is 0 Å². The fourth-order valence-corrected chi connectivity index (χ4v) is 5.33. The van der Waals surface area contributed by atoms with Crippen molar-refractivity contribution in [2.24, 2.45) is 0 Å². The molecule has 0 amide bonds. The predicted octanol–water partition coefficient (Wildman–Crippen LogP) is 5.72. The first-order valence-corrected chi connectivity index (χ1v) is 13.0. The maximum atomic E-state index is 13.8. The van der Waals surface area contributed by atoms with Crippen molar-refractivity contribution in [2.45, 2.75) is 58.3 Å². The second kappa shape index (κ2) is 12.3. The number of rotatable bonds is 3. The molecule has 3 aliphatic rings. The topological polar surface area (TPSA) is 115 Å². The first-order valence-electron chi connectivity index (χ1n) is 13.0. The highest BCUT2D eigenvalue weighted by Gasteiger charge is 2.26. The van der Waals surface area contributed by atoms with Gasteiger partial charge < -0.3 is 25.4 Å². The number of aromatic hydroxyl groups is 1. The molecule has 1 unspecified atom stereocenters. The Labute approximate surface area is 222 Å². The lowest BCUT2D eigenvalue weighted by molar-refractivity contribution is -0.137. The number of hydrogen-bond acceptors (Lipinski definition) is 6. The number of benzene rings is 2. The van der Waals surface area contributed by atoms with E-state index in [0.29, 0.717) is 18.2 Å². The van der Waals surface area contributed by atoms with Gasteiger partial charge in [-0.15, -0.1) is 0 Å². The molecule has 3 heterocycles. The van der Waals surface area contributed by atoms with Crippen LogP contribution in [0.1, 0.15) is 59.4 Å². The maximum absolute atomic E-state index is 13.8. The van der Waals surface area contributed by atoms with Crippen LogP contribution in [0.2, 0.25) is 0 Å². The number of phenolic OH excluding ortho intramolecular Hbond substituents is 1. The maximum Gasteiger partial charge on any atom is 0.304 e. The molecule has 1 aliphatic carbocycles. The number of phenols is 1. The van der Waals surface area contributed by atoms with E-state index in [1.807, 2.05) is 19.9 Å². The summed E-state index contributed by atoms with van der Waals surface area (Å²) >= 11 is 0. The minimum absolute atomic E-state index is 0.0681. The molecule has 0 saturated carbocycles. The van der Waals surface area contributed by atoms with Crippen molar-refractivity contribution in [1.82, 2.24) is 4.98 Å². The van der Waals surface area contributed by atoms with E-state index in [-0.39, 0.29) is 23.9 Å². The second-order valence-corrected chi connectivity index (χ2v) is 9.93. The summed E-state index contributed by atoms with van der Waals surface area (Å²) in [6.07, 6.45) is 7.02. The molecular formula is C30H35FN2O5. The van der Waals surface area contributed by atoms with Crippen LogP contribution in [0, 0.1) is 19.7 Å². The number of ether oxygens (including phenoxy) is 2. The molecule has 0 spiro atoms. The third-order valence-electron chi connectivity index (χ3n) is 7.06. The summed E-state index contributed by atoms with van der Waals surface area (Å²) in [5, 5.41) is 18.3. The lowest BCUT2D eigenvalue weighted by Gasteiger charge is -2.15. The first-order chi connectivity index (χ1) is 18.2. The first kappa shape index (κ1) is 27.4. The predicted molar refractivity (Wildman–Crippen MR) is 144 cm³/mol. The van der Waals surface area contributed by atoms with E-state index in [1.54, 1.807) is 30.5 Å². The molecule has 1 atom stereocenters. The van der Waals surface area contributed by atoms with E-state index < -0.39 is 5.97 Å². The number of hydrogen-bond donors (Lipinski definition) is 3.